The number of nitrogen functional groups attached to an aromatic ring is 1. The summed E-state index contributed by atoms with van der Waals surface area (Å²) < 4.78 is 42.0. The lowest BCUT2D eigenvalue weighted by Crippen LogP contribution is -2.47. The fourth-order valence-corrected chi connectivity index (χ4v) is 5.45. The summed E-state index contributed by atoms with van der Waals surface area (Å²) in [6, 6.07) is 4.83. The lowest BCUT2D eigenvalue weighted by atomic mass is 9.92. The van der Waals surface area contributed by atoms with Crippen LogP contribution in [-0.4, -0.2) is 80.1 Å². The Labute approximate surface area is 242 Å². The van der Waals surface area contributed by atoms with Crippen LogP contribution in [0.3, 0.4) is 0 Å². The van der Waals surface area contributed by atoms with Crippen molar-refractivity contribution in [1.29, 1.82) is 5.26 Å². The number of nitrogens with one attached hydrogen (secondary N) is 1. The Morgan fingerprint density at radius 1 is 1.24 bits per heavy atom. The first kappa shape index (κ1) is 33.3. The van der Waals surface area contributed by atoms with Gasteiger partial charge >= 0.3 is 19.7 Å². The summed E-state index contributed by atoms with van der Waals surface area (Å²) in [6.45, 7) is 9.31. The molecule has 0 bridgehead atoms. The molecular formula is C25H37N6O10P. The number of aliphatic hydroxyl groups excluding tert-OH is 2. The Morgan fingerprint density at radius 2 is 1.90 bits per heavy atom. The molecule has 2 aromatic heterocycles. The number of nitrogens with two attached hydrogens (primary N) is 1. The van der Waals surface area contributed by atoms with Gasteiger partial charge in [0.25, 0.3) is 0 Å². The number of rotatable bonds is 11. The number of anilines is 1. The van der Waals surface area contributed by atoms with Crippen molar-refractivity contribution in [1.82, 2.24) is 19.7 Å². The van der Waals surface area contributed by atoms with Crippen LogP contribution >= 0.6 is 7.75 Å². The van der Waals surface area contributed by atoms with Crippen LogP contribution in [0.5, 0.6) is 0 Å². The maximum atomic E-state index is 13.8. The van der Waals surface area contributed by atoms with Gasteiger partial charge in [0.05, 0.1) is 23.8 Å². The van der Waals surface area contributed by atoms with Gasteiger partial charge in [-0.1, -0.05) is 0 Å². The zero-order valence-corrected chi connectivity index (χ0v) is 25.3. The van der Waals surface area contributed by atoms with E-state index < -0.39 is 74.1 Å². The van der Waals surface area contributed by atoms with Gasteiger partial charge in [-0.2, -0.15) is 10.4 Å². The Balaban J connectivity index is 1.85. The minimum atomic E-state index is -4.53. The highest BCUT2D eigenvalue weighted by Gasteiger charge is 2.58. The molecule has 0 radical (unpaired) electrons. The molecule has 17 heteroatoms. The number of aliphatic hydroxyl groups is 2. The van der Waals surface area contributed by atoms with E-state index in [1.54, 1.807) is 34.6 Å². The molecule has 0 aromatic carbocycles. The third-order valence-electron chi connectivity index (χ3n) is 6.19. The van der Waals surface area contributed by atoms with Crippen molar-refractivity contribution in [3.8, 4) is 6.07 Å². The summed E-state index contributed by atoms with van der Waals surface area (Å²) >= 11 is 0. The molecule has 0 amide bonds. The van der Waals surface area contributed by atoms with E-state index in [0.29, 0.717) is 5.52 Å². The van der Waals surface area contributed by atoms with Crippen molar-refractivity contribution in [3.05, 3.63) is 24.2 Å². The van der Waals surface area contributed by atoms with Gasteiger partial charge in [-0.15, -0.1) is 0 Å². The zero-order chi connectivity index (χ0) is 31.7. The second-order valence-electron chi connectivity index (χ2n) is 11.5. The minimum Gasteiger partial charge on any atom is -0.462 e. The average molecular weight is 613 g/mol. The number of esters is 2. The number of carbonyl (C=O) groups is 2. The summed E-state index contributed by atoms with van der Waals surface area (Å²) in [5.74, 6) is -1.34. The van der Waals surface area contributed by atoms with Crippen molar-refractivity contribution in [3.63, 3.8) is 0 Å². The van der Waals surface area contributed by atoms with Crippen LogP contribution in [0.25, 0.3) is 5.52 Å². The molecule has 16 nitrogen and oxygen atoms in total. The van der Waals surface area contributed by atoms with Gasteiger partial charge in [-0.05, 0) is 60.6 Å². The van der Waals surface area contributed by atoms with Crippen molar-refractivity contribution in [2.75, 3.05) is 19.1 Å². The second-order valence-corrected chi connectivity index (χ2v) is 13.2. The van der Waals surface area contributed by atoms with Gasteiger partial charge in [0, 0.05) is 0 Å². The summed E-state index contributed by atoms with van der Waals surface area (Å²) in [7, 11) is -4.53. The molecule has 5 atom stereocenters. The number of fused-ring (bicyclic) bond motifs is 1. The van der Waals surface area contributed by atoms with Crippen LogP contribution < -0.4 is 10.8 Å². The van der Waals surface area contributed by atoms with Gasteiger partial charge in [0.2, 0.25) is 12.4 Å². The Hall–Kier alpha value is -3.16. The van der Waals surface area contributed by atoms with E-state index in [2.05, 4.69) is 15.2 Å². The Bertz CT molecular complexity index is 1400. The largest absolute Gasteiger partial charge is 0.462 e. The first-order chi connectivity index (χ1) is 19.4. The van der Waals surface area contributed by atoms with E-state index in [9.17, 15) is 29.6 Å². The lowest BCUT2D eigenvalue weighted by molar-refractivity contribution is -0.161. The van der Waals surface area contributed by atoms with E-state index in [1.165, 1.54) is 30.5 Å². The smallest absolute Gasteiger partial charge is 0.409 e. The number of hydrogen-bond acceptors (Lipinski definition) is 14. The van der Waals surface area contributed by atoms with E-state index in [1.807, 2.05) is 6.07 Å². The fraction of sp³-hybridized carbons (Fsp3) is 0.640. The van der Waals surface area contributed by atoms with Gasteiger partial charge in [-0.3, -0.25) is 18.6 Å². The van der Waals surface area contributed by atoms with E-state index >= 15 is 0 Å². The first-order valence-corrected chi connectivity index (χ1v) is 14.5. The topological polar surface area (TPSA) is 230 Å². The SMILES string of the molecule is CC(C)OC(=O)C(C)(C)N[P@](=O)(OCOC(=O)C(C)(C)C)OC[C@H]1O[C@@](C#N)(c2ccc3c(N)ncnn23)[C@H](O)[C@@H]1O. The zero-order valence-electron chi connectivity index (χ0n) is 24.4. The highest BCUT2D eigenvalue weighted by Crippen LogP contribution is 2.48. The molecule has 0 aliphatic carbocycles. The average Bonchev–Trinajstić information content (AvgIpc) is 3.42. The van der Waals surface area contributed by atoms with Gasteiger partial charge < -0.3 is 30.2 Å². The molecular weight excluding hydrogens is 575 g/mol. The van der Waals surface area contributed by atoms with E-state index in [0.717, 1.165) is 6.33 Å². The molecule has 1 aliphatic rings. The normalized spacial score (nSPS) is 24.4. The van der Waals surface area contributed by atoms with Gasteiger partial charge in [0.1, 0.15) is 41.8 Å². The highest BCUT2D eigenvalue weighted by atomic mass is 31.2. The third-order valence-corrected chi connectivity index (χ3v) is 7.96. The predicted molar refractivity (Wildman–Crippen MR) is 145 cm³/mol. The number of nitrogens with zero attached hydrogens (tertiary/aromatic N) is 4. The predicted octanol–water partition coefficient (Wildman–Crippen LogP) is 1.16. The second kappa shape index (κ2) is 12.2. The molecule has 232 valence electrons. The quantitative estimate of drug-likeness (QED) is 0.158. The molecule has 0 saturated carbocycles. The number of aromatic nitrogens is 3. The summed E-state index contributed by atoms with van der Waals surface area (Å²) in [4.78, 5) is 28.7. The Morgan fingerprint density at radius 3 is 2.50 bits per heavy atom. The van der Waals surface area contributed by atoms with Crippen molar-refractivity contribution >= 4 is 31.0 Å². The van der Waals surface area contributed by atoms with Crippen LogP contribution in [0.2, 0.25) is 0 Å². The molecule has 0 spiro atoms. The molecule has 3 heterocycles. The fourth-order valence-electron chi connectivity index (χ4n) is 3.94. The maximum Gasteiger partial charge on any atom is 0.409 e. The molecule has 3 rings (SSSR count). The maximum absolute atomic E-state index is 13.8. The third kappa shape index (κ3) is 6.90. The Kier molecular flexibility index (Phi) is 9.70. The number of nitriles is 1. The molecule has 5 N–H and O–H groups in total. The number of carbonyl (C=O) groups excluding carboxylic acids is 2. The highest BCUT2D eigenvalue weighted by molar-refractivity contribution is 7.51. The molecule has 0 unspecified atom stereocenters. The van der Waals surface area contributed by atoms with Crippen molar-refractivity contribution in [2.45, 2.75) is 84.0 Å². The first-order valence-electron chi connectivity index (χ1n) is 13.0. The molecule has 1 fully saturated rings. The van der Waals surface area contributed by atoms with E-state index in [-0.39, 0.29) is 11.5 Å². The minimum absolute atomic E-state index is 0.0485. The van der Waals surface area contributed by atoms with Crippen LogP contribution in [0, 0.1) is 16.7 Å². The van der Waals surface area contributed by atoms with Crippen LogP contribution in [0.4, 0.5) is 5.82 Å². The van der Waals surface area contributed by atoms with Crippen molar-refractivity contribution in [2.24, 2.45) is 5.41 Å². The molecule has 42 heavy (non-hydrogen) atoms. The summed E-state index contributed by atoms with van der Waals surface area (Å²) in [6.07, 6.45) is -4.27. The van der Waals surface area contributed by atoms with Crippen molar-refractivity contribution < 1.29 is 47.6 Å². The van der Waals surface area contributed by atoms with Crippen LogP contribution in [0.15, 0.2) is 18.5 Å². The molecule has 1 saturated heterocycles. The van der Waals surface area contributed by atoms with Gasteiger partial charge in [0.15, 0.2) is 5.82 Å². The van der Waals surface area contributed by atoms with Crippen LogP contribution in [0.1, 0.15) is 54.2 Å². The van der Waals surface area contributed by atoms with E-state index in [4.69, 9.17) is 29.0 Å². The monoisotopic (exact) mass is 612 g/mol. The molecule has 1 aliphatic heterocycles. The lowest BCUT2D eigenvalue weighted by Gasteiger charge is -2.30. The summed E-state index contributed by atoms with van der Waals surface area (Å²) in [5.41, 5.74) is 1.60. The van der Waals surface area contributed by atoms with Crippen LogP contribution in [-0.2, 0) is 43.0 Å². The summed E-state index contributed by atoms with van der Waals surface area (Å²) in [5, 5.41) is 38.4. The molecule has 2 aromatic rings. The van der Waals surface area contributed by atoms with Gasteiger partial charge in [-0.25, -0.2) is 19.2 Å². The number of hydrogen-bond donors (Lipinski definition) is 4. The standard InChI is InChI=1S/C25H37N6O10P/c1-14(2)40-22(35)24(6,7)30-42(36,39-13-37-21(34)23(3,4)5)38-10-16-18(32)19(33)25(11-26,41-16)17-9-8-15-20(27)28-12-29-31(15)17/h8-9,12,14,16,18-19,32-33H,10,13H2,1-7H3,(H,30,36)(H2,27,28,29)/t16-,18-,19-,25+,42-/m1/s1. The number of ether oxygens (including phenoxy) is 3.